The first kappa shape index (κ1) is 15.4. The van der Waals surface area contributed by atoms with Crippen molar-refractivity contribution in [1.29, 1.82) is 0 Å². The van der Waals surface area contributed by atoms with Crippen molar-refractivity contribution < 1.29 is 4.92 Å². The van der Waals surface area contributed by atoms with Crippen LogP contribution in [0.4, 0.5) is 11.5 Å². The summed E-state index contributed by atoms with van der Waals surface area (Å²) >= 11 is 3.40. The number of benzene rings is 2. The lowest BCUT2D eigenvalue weighted by atomic mass is 10.1. The summed E-state index contributed by atoms with van der Waals surface area (Å²) in [5.41, 5.74) is 1.01. The lowest BCUT2D eigenvalue weighted by Crippen LogP contribution is -2.09. The van der Waals surface area contributed by atoms with Crippen LogP contribution in [-0.4, -0.2) is 15.1 Å². The van der Waals surface area contributed by atoms with Gasteiger partial charge < -0.3 is 5.32 Å². The van der Waals surface area contributed by atoms with Gasteiger partial charge in [0.05, 0.1) is 11.0 Å². The fourth-order valence-corrected chi connectivity index (χ4v) is 2.78. The third kappa shape index (κ3) is 3.14. The molecule has 1 N–H and O–H groups in total. The molecule has 0 radical (unpaired) electrons. The number of fused-ring (bicyclic) bond motifs is 1. The van der Waals surface area contributed by atoms with E-state index in [0.29, 0.717) is 10.4 Å². The minimum atomic E-state index is -0.407. The Balaban J connectivity index is 1.89. The van der Waals surface area contributed by atoms with E-state index < -0.39 is 4.92 Å². The van der Waals surface area contributed by atoms with Crippen molar-refractivity contribution >= 4 is 38.2 Å². The van der Waals surface area contributed by atoms with Crippen LogP contribution < -0.4 is 5.32 Å². The van der Waals surface area contributed by atoms with Gasteiger partial charge in [-0.15, -0.1) is 10.2 Å². The van der Waals surface area contributed by atoms with E-state index >= 15 is 0 Å². The molecule has 23 heavy (non-hydrogen) atoms. The first-order valence-corrected chi connectivity index (χ1v) is 7.77. The van der Waals surface area contributed by atoms with Gasteiger partial charge in [0.2, 0.25) is 0 Å². The predicted molar refractivity (Wildman–Crippen MR) is 92.4 cm³/mol. The molecule has 0 aliphatic carbocycles. The Labute approximate surface area is 140 Å². The van der Waals surface area contributed by atoms with Crippen LogP contribution in [0.1, 0.15) is 18.5 Å². The number of halogens is 1. The van der Waals surface area contributed by atoms with Gasteiger partial charge in [-0.2, -0.15) is 0 Å². The van der Waals surface area contributed by atoms with Gasteiger partial charge in [0.25, 0.3) is 5.69 Å². The van der Waals surface area contributed by atoms with Gasteiger partial charge in [0.15, 0.2) is 5.82 Å². The normalized spacial score (nSPS) is 12.1. The molecule has 0 fully saturated rings. The molecule has 0 aliphatic rings. The van der Waals surface area contributed by atoms with E-state index in [1.165, 1.54) is 12.1 Å². The van der Waals surface area contributed by atoms with Crippen LogP contribution in [-0.2, 0) is 0 Å². The Bertz CT molecular complexity index is 868. The summed E-state index contributed by atoms with van der Waals surface area (Å²) in [4.78, 5) is 10.3. The van der Waals surface area contributed by atoms with Crippen molar-refractivity contribution in [2.75, 3.05) is 5.32 Å². The standard InChI is InChI=1S/C16H13BrN4O2/c1-10(11-6-8-12(9-7-11)21(22)23)18-16-14-5-3-2-4-13(14)15(17)19-20-16/h2-10H,1H3,(H,18,20). The van der Waals surface area contributed by atoms with Crippen molar-refractivity contribution in [3.63, 3.8) is 0 Å². The minimum Gasteiger partial charge on any atom is -0.362 e. The molecule has 0 spiro atoms. The van der Waals surface area contributed by atoms with Crippen LogP contribution in [0, 0.1) is 10.1 Å². The molecule has 2 aromatic carbocycles. The molecule has 0 bridgehead atoms. The molecule has 0 aliphatic heterocycles. The number of hydrogen-bond donors (Lipinski definition) is 1. The molecule has 0 saturated carbocycles. The first-order chi connectivity index (χ1) is 11.1. The Morgan fingerprint density at radius 2 is 1.74 bits per heavy atom. The maximum absolute atomic E-state index is 10.7. The molecule has 7 heteroatoms. The smallest absolute Gasteiger partial charge is 0.269 e. The maximum atomic E-state index is 10.7. The summed E-state index contributed by atoms with van der Waals surface area (Å²) in [6.45, 7) is 1.97. The number of hydrogen-bond acceptors (Lipinski definition) is 5. The zero-order valence-electron chi connectivity index (χ0n) is 12.2. The monoisotopic (exact) mass is 372 g/mol. The number of anilines is 1. The van der Waals surface area contributed by atoms with Crippen LogP contribution >= 0.6 is 15.9 Å². The molecular formula is C16H13BrN4O2. The number of aromatic nitrogens is 2. The van der Waals surface area contributed by atoms with Crippen LogP contribution in [0.5, 0.6) is 0 Å². The molecule has 1 heterocycles. The van der Waals surface area contributed by atoms with Gasteiger partial charge in [-0.05, 0) is 28.4 Å². The lowest BCUT2D eigenvalue weighted by molar-refractivity contribution is -0.384. The fourth-order valence-electron chi connectivity index (χ4n) is 2.35. The Morgan fingerprint density at radius 1 is 1.09 bits per heavy atom. The van der Waals surface area contributed by atoms with Crippen molar-refractivity contribution in [2.45, 2.75) is 13.0 Å². The highest BCUT2D eigenvalue weighted by Crippen LogP contribution is 2.28. The third-order valence-corrected chi connectivity index (χ3v) is 4.19. The lowest BCUT2D eigenvalue weighted by Gasteiger charge is -2.16. The molecule has 1 unspecified atom stereocenters. The summed E-state index contributed by atoms with van der Waals surface area (Å²) in [7, 11) is 0. The minimum absolute atomic E-state index is 0.0605. The highest BCUT2D eigenvalue weighted by molar-refractivity contribution is 9.10. The quantitative estimate of drug-likeness (QED) is 0.539. The molecule has 116 valence electrons. The summed E-state index contributed by atoms with van der Waals surface area (Å²) in [6.07, 6.45) is 0. The van der Waals surface area contributed by atoms with E-state index in [2.05, 4.69) is 31.4 Å². The summed E-state index contributed by atoms with van der Waals surface area (Å²) in [5, 5.41) is 24.3. The second-order valence-electron chi connectivity index (χ2n) is 5.10. The molecular weight excluding hydrogens is 360 g/mol. The molecule has 3 rings (SSSR count). The first-order valence-electron chi connectivity index (χ1n) is 6.98. The van der Waals surface area contributed by atoms with Crippen LogP contribution in [0.25, 0.3) is 10.8 Å². The molecule has 3 aromatic rings. The van der Waals surface area contributed by atoms with E-state index in [-0.39, 0.29) is 11.7 Å². The van der Waals surface area contributed by atoms with E-state index in [9.17, 15) is 10.1 Å². The van der Waals surface area contributed by atoms with Gasteiger partial charge in [-0.3, -0.25) is 10.1 Å². The third-order valence-electron chi connectivity index (χ3n) is 3.60. The molecule has 6 nitrogen and oxygen atoms in total. The van der Waals surface area contributed by atoms with Gasteiger partial charge in [-0.1, -0.05) is 36.4 Å². The Hall–Kier alpha value is -2.54. The van der Waals surface area contributed by atoms with Gasteiger partial charge in [0, 0.05) is 22.9 Å². The van der Waals surface area contributed by atoms with E-state index in [4.69, 9.17) is 0 Å². The highest BCUT2D eigenvalue weighted by Gasteiger charge is 2.12. The highest BCUT2D eigenvalue weighted by atomic mass is 79.9. The number of nitro benzene ring substituents is 1. The molecule has 1 atom stereocenters. The zero-order valence-corrected chi connectivity index (χ0v) is 13.8. The number of non-ortho nitro benzene ring substituents is 1. The average molecular weight is 373 g/mol. The van der Waals surface area contributed by atoms with Gasteiger partial charge >= 0.3 is 0 Å². The number of nitrogens with one attached hydrogen (secondary N) is 1. The SMILES string of the molecule is CC(Nc1nnc(Br)c2ccccc12)c1ccc([N+](=O)[O-])cc1. The number of rotatable bonds is 4. The molecule has 0 saturated heterocycles. The van der Waals surface area contributed by atoms with Crippen LogP contribution in [0.15, 0.2) is 53.1 Å². The number of nitrogens with zero attached hydrogens (tertiary/aromatic N) is 3. The van der Waals surface area contributed by atoms with Gasteiger partial charge in [-0.25, -0.2) is 0 Å². The maximum Gasteiger partial charge on any atom is 0.269 e. The summed E-state index contributed by atoms with van der Waals surface area (Å²) < 4.78 is 0.696. The van der Waals surface area contributed by atoms with E-state index in [1.54, 1.807) is 12.1 Å². The summed E-state index contributed by atoms with van der Waals surface area (Å²) in [6, 6.07) is 14.2. The fraction of sp³-hybridized carbons (Fsp3) is 0.125. The topological polar surface area (TPSA) is 81.0 Å². The second kappa shape index (κ2) is 6.29. The van der Waals surface area contributed by atoms with E-state index in [0.717, 1.165) is 16.3 Å². The van der Waals surface area contributed by atoms with Gasteiger partial charge in [0.1, 0.15) is 4.60 Å². The Morgan fingerprint density at radius 3 is 2.39 bits per heavy atom. The number of nitro groups is 1. The van der Waals surface area contributed by atoms with Crippen molar-refractivity contribution in [3.05, 3.63) is 68.8 Å². The largest absolute Gasteiger partial charge is 0.362 e. The average Bonchev–Trinajstić information content (AvgIpc) is 2.57. The Kier molecular flexibility index (Phi) is 4.20. The second-order valence-corrected chi connectivity index (χ2v) is 5.85. The zero-order chi connectivity index (χ0) is 16.4. The van der Waals surface area contributed by atoms with E-state index in [1.807, 2.05) is 31.2 Å². The molecule has 1 aromatic heterocycles. The van der Waals surface area contributed by atoms with Crippen molar-refractivity contribution in [2.24, 2.45) is 0 Å². The molecule has 0 amide bonds. The van der Waals surface area contributed by atoms with Crippen LogP contribution in [0.3, 0.4) is 0 Å². The van der Waals surface area contributed by atoms with Crippen molar-refractivity contribution in [3.8, 4) is 0 Å². The van der Waals surface area contributed by atoms with Crippen LogP contribution in [0.2, 0.25) is 0 Å². The van der Waals surface area contributed by atoms with Crippen molar-refractivity contribution in [1.82, 2.24) is 10.2 Å². The summed E-state index contributed by atoms with van der Waals surface area (Å²) in [5.74, 6) is 0.676. The predicted octanol–water partition coefficient (Wildman–Crippen LogP) is 4.47.